The van der Waals surface area contributed by atoms with Crippen molar-refractivity contribution in [3.63, 3.8) is 0 Å². The first-order valence-electron chi connectivity index (χ1n) is 10.0. The minimum absolute atomic E-state index is 0. The lowest BCUT2D eigenvalue weighted by molar-refractivity contribution is -0.144. The molecule has 1 amide bonds. The van der Waals surface area contributed by atoms with Crippen molar-refractivity contribution >= 4 is 16.8 Å². The highest BCUT2D eigenvalue weighted by molar-refractivity contribution is 6.05. The number of para-hydroxylation sites is 1. The van der Waals surface area contributed by atoms with E-state index in [1.165, 1.54) is 10.6 Å². The fourth-order valence-electron chi connectivity index (χ4n) is 4.84. The molecule has 2 aliphatic heterocycles. The molecule has 1 spiro atoms. The summed E-state index contributed by atoms with van der Waals surface area (Å²) in [6, 6.07) is 12.1. The number of carbonyl (C=O) groups is 1. The summed E-state index contributed by atoms with van der Waals surface area (Å²) in [7, 11) is 0. The molecule has 4 heterocycles. The van der Waals surface area contributed by atoms with Crippen LogP contribution in [0.4, 0.5) is 13.2 Å². The van der Waals surface area contributed by atoms with E-state index in [4.69, 9.17) is 0 Å². The van der Waals surface area contributed by atoms with Gasteiger partial charge in [0.05, 0.1) is 16.6 Å². The molecule has 158 valence electrons. The summed E-state index contributed by atoms with van der Waals surface area (Å²) in [5, 5.41) is 4.35. The lowest BCUT2D eigenvalue weighted by Gasteiger charge is -2.45. The van der Waals surface area contributed by atoms with E-state index < -0.39 is 17.4 Å². The quantitative estimate of drug-likeness (QED) is 0.652. The van der Waals surface area contributed by atoms with E-state index in [9.17, 15) is 18.0 Å². The van der Waals surface area contributed by atoms with Crippen LogP contribution in [0.1, 0.15) is 36.0 Å². The van der Waals surface area contributed by atoms with Gasteiger partial charge in [-0.3, -0.25) is 9.78 Å². The Bertz CT molecular complexity index is 1110. The number of nitrogens with zero attached hydrogens (tertiary/aromatic N) is 3. The topological polar surface area (TPSA) is 50.2 Å². The van der Waals surface area contributed by atoms with Crippen molar-refractivity contribution < 1.29 is 19.4 Å². The normalized spacial score (nSPS) is 18.6. The third-order valence-electron chi connectivity index (χ3n) is 6.33. The molecule has 30 heavy (non-hydrogen) atoms. The molecule has 2 aliphatic rings. The number of hydrogen-bond acceptors (Lipinski definition) is 3. The number of benzene rings is 1. The van der Waals surface area contributed by atoms with Crippen molar-refractivity contribution in [3.8, 4) is 0 Å². The van der Waals surface area contributed by atoms with Gasteiger partial charge in [-0.05, 0) is 37.1 Å². The molecule has 0 bridgehead atoms. The summed E-state index contributed by atoms with van der Waals surface area (Å²) in [6.07, 6.45) is -1.56. The maximum Gasteiger partial charge on any atom is 0.431 e. The Labute approximate surface area is 173 Å². The molecule has 1 aromatic carbocycles. The number of rotatable bonds is 1. The van der Waals surface area contributed by atoms with Crippen LogP contribution in [0.25, 0.3) is 10.9 Å². The van der Waals surface area contributed by atoms with Gasteiger partial charge in [-0.2, -0.15) is 13.2 Å². The third-order valence-corrected chi connectivity index (χ3v) is 6.33. The monoisotopic (exact) mass is 416 g/mol. The number of likely N-dealkylation sites (tertiary alicyclic amines) is 1. The summed E-state index contributed by atoms with van der Waals surface area (Å²) < 4.78 is 41.4. The SMILES string of the molecule is O=C(c1cccc2cccnc12)N1CCC2(CC1)NCCn1c(C(F)(F)F)ccc12.[HH]. The zero-order valence-electron chi connectivity index (χ0n) is 16.2. The molecule has 0 radical (unpaired) electrons. The Morgan fingerprint density at radius 3 is 2.60 bits per heavy atom. The molecule has 5 nitrogen and oxygen atoms in total. The van der Waals surface area contributed by atoms with Crippen LogP contribution >= 0.6 is 0 Å². The summed E-state index contributed by atoms with van der Waals surface area (Å²) in [5.74, 6) is -0.0867. The van der Waals surface area contributed by atoms with Crippen LogP contribution in [0.5, 0.6) is 0 Å². The molecule has 0 aliphatic carbocycles. The molecule has 3 aromatic rings. The van der Waals surface area contributed by atoms with Crippen LogP contribution in [-0.2, 0) is 18.3 Å². The van der Waals surface area contributed by atoms with E-state index in [1.54, 1.807) is 23.2 Å². The Morgan fingerprint density at radius 2 is 1.83 bits per heavy atom. The molecule has 0 unspecified atom stereocenters. The Hall–Kier alpha value is -2.87. The second-order valence-corrected chi connectivity index (χ2v) is 7.93. The predicted octanol–water partition coefficient (Wildman–Crippen LogP) is 4.04. The van der Waals surface area contributed by atoms with E-state index >= 15 is 0 Å². The molecule has 1 fully saturated rings. The second kappa shape index (κ2) is 6.84. The van der Waals surface area contributed by atoms with Gasteiger partial charge in [0.25, 0.3) is 5.91 Å². The Balaban J connectivity index is 0.00000231. The van der Waals surface area contributed by atoms with E-state index in [-0.39, 0.29) is 7.33 Å². The molecule has 5 rings (SSSR count). The van der Waals surface area contributed by atoms with Gasteiger partial charge in [-0.25, -0.2) is 0 Å². The number of fused-ring (bicyclic) bond motifs is 3. The Kier molecular flexibility index (Phi) is 4.36. The largest absolute Gasteiger partial charge is 0.431 e. The Morgan fingerprint density at radius 1 is 1.07 bits per heavy atom. The van der Waals surface area contributed by atoms with Crippen molar-refractivity contribution in [2.75, 3.05) is 19.6 Å². The van der Waals surface area contributed by atoms with Crippen LogP contribution in [0.3, 0.4) is 0 Å². The highest BCUT2D eigenvalue weighted by Crippen LogP contribution is 2.40. The number of nitrogens with one attached hydrogen (secondary N) is 1. The fraction of sp³-hybridized carbons (Fsp3) is 0.364. The van der Waals surface area contributed by atoms with Gasteiger partial charge in [0.15, 0.2) is 0 Å². The highest BCUT2D eigenvalue weighted by atomic mass is 19.4. The van der Waals surface area contributed by atoms with Crippen LogP contribution in [0.15, 0.2) is 48.7 Å². The number of carbonyl (C=O) groups excluding carboxylic acids is 1. The van der Waals surface area contributed by atoms with Gasteiger partial charge in [-0.15, -0.1) is 0 Å². The first-order chi connectivity index (χ1) is 14.4. The smallest absolute Gasteiger partial charge is 0.338 e. The first-order valence-corrected chi connectivity index (χ1v) is 10.0. The average molecular weight is 416 g/mol. The summed E-state index contributed by atoms with van der Waals surface area (Å²) in [4.78, 5) is 19.3. The van der Waals surface area contributed by atoms with Crippen molar-refractivity contribution in [2.45, 2.75) is 31.1 Å². The average Bonchev–Trinajstić information content (AvgIpc) is 3.20. The third kappa shape index (κ3) is 2.98. The van der Waals surface area contributed by atoms with Crippen molar-refractivity contribution in [3.05, 3.63) is 65.6 Å². The van der Waals surface area contributed by atoms with E-state index in [0.717, 1.165) is 5.39 Å². The maximum atomic E-state index is 13.3. The zero-order valence-corrected chi connectivity index (χ0v) is 16.2. The zero-order chi connectivity index (χ0) is 20.9. The number of aromatic nitrogens is 2. The standard InChI is InChI=1S/C22H21F3N4O.H2/c23-22(24,25)18-7-6-17-21(27-11-14-29(17)18)8-12-28(13-9-21)20(30)16-5-1-3-15-4-2-10-26-19(15)16;/h1-7,10,27H,8-9,11-14H2;1H. The lowest BCUT2D eigenvalue weighted by atomic mass is 9.83. The van der Waals surface area contributed by atoms with Gasteiger partial charge in [0.2, 0.25) is 0 Å². The van der Waals surface area contributed by atoms with Crippen molar-refractivity contribution in [1.82, 2.24) is 19.8 Å². The van der Waals surface area contributed by atoms with Gasteiger partial charge >= 0.3 is 6.18 Å². The molecule has 0 atom stereocenters. The number of amides is 1. The fourth-order valence-corrected chi connectivity index (χ4v) is 4.84. The molecule has 0 saturated carbocycles. The number of pyridine rings is 1. The van der Waals surface area contributed by atoms with Crippen molar-refractivity contribution in [2.24, 2.45) is 0 Å². The molecule has 1 N–H and O–H groups in total. The maximum absolute atomic E-state index is 13.3. The molecular formula is C22H23F3N4O. The summed E-state index contributed by atoms with van der Waals surface area (Å²) >= 11 is 0. The number of piperidine rings is 1. The van der Waals surface area contributed by atoms with E-state index in [1.807, 2.05) is 24.3 Å². The van der Waals surface area contributed by atoms with Gasteiger partial charge < -0.3 is 14.8 Å². The van der Waals surface area contributed by atoms with E-state index in [2.05, 4.69) is 10.3 Å². The lowest BCUT2D eigenvalue weighted by Crippen LogP contribution is -2.56. The number of hydrogen-bond donors (Lipinski definition) is 1. The molecule has 1 saturated heterocycles. The summed E-state index contributed by atoms with van der Waals surface area (Å²) in [5.41, 5.74) is 0.766. The van der Waals surface area contributed by atoms with E-state index in [0.29, 0.717) is 55.8 Å². The second-order valence-electron chi connectivity index (χ2n) is 7.93. The number of alkyl halides is 3. The predicted molar refractivity (Wildman–Crippen MR) is 108 cm³/mol. The van der Waals surface area contributed by atoms with Gasteiger partial charge in [0, 0.05) is 44.9 Å². The summed E-state index contributed by atoms with van der Waals surface area (Å²) in [6.45, 7) is 1.72. The molecule has 8 heteroatoms. The van der Waals surface area contributed by atoms with Crippen LogP contribution in [0.2, 0.25) is 0 Å². The van der Waals surface area contributed by atoms with Crippen LogP contribution in [-0.4, -0.2) is 40.0 Å². The van der Waals surface area contributed by atoms with Crippen LogP contribution in [0, 0.1) is 0 Å². The van der Waals surface area contributed by atoms with Crippen molar-refractivity contribution in [1.29, 1.82) is 0 Å². The van der Waals surface area contributed by atoms with Crippen LogP contribution < -0.4 is 5.32 Å². The first kappa shape index (κ1) is 19.1. The minimum atomic E-state index is -4.37. The van der Waals surface area contributed by atoms with Gasteiger partial charge in [0.1, 0.15) is 5.69 Å². The molecular weight excluding hydrogens is 393 g/mol. The number of halogens is 3. The molecule has 2 aromatic heterocycles. The van der Waals surface area contributed by atoms with Gasteiger partial charge in [-0.1, -0.05) is 18.2 Å². The minimum Gasteiger partial charge on any atom is -0.338 e. The highest BCUT2D eigenvalue weighted by Gasteiger charge is 2.44.